The van der Waals surface area contributed by atoms with Crippen LogP contribution in [0.2, 0.25) is 0 Å². The predicted molar refractivity (Wildman–Crippen MR) is 120 cm³/mol. The van der Waals surface area contributed by atoms with Gasteiger partial charge in [0.1, 0.15) is 11.5 Å². The molecule has 4 rings (SSSR count). The van der Waals surface area contributed by atoms with E-state index in [-0.39, 0.29) is 5.91 Å². The Labute approximate surface area is 176 Å². The van der Waals surface area contributed by atoms with Crippen molar-refractivity contribution in [3.05, 3.63) is 97.1 Å². The number of nitrogens with one attached hydrogen (secondary N) is 1. The van der Waals surface area contributed by atoms with Gasteiger partial charge in [0.05, 0.1) is 5.69 Å². The molecule has 0 aromatic heterocycles. The summed E-state index contributed by atoms with van der Waals surface area (Å²) >= 11 is 0. The van der Waals surface area contributed by atoms with Gasteiger partial charge in [0.15, 0.2) is 11.9 Å². The van der Waals surface area contributed by atoms with Gasteiger partial charge in [-0.25, -0.2) is 0 Å². The summed E-state index contributed by atoms with van der Waals surface area (Å²) in [4.78, 5) is 12.9. The Morgan fingerprint density at radius 2 is 1.50 bits per heavy atom. The summed E-state index contributed by atoms with van der Waals surface area (Å²) in [6.07, 6.45) is -0.0728. The van der Waals surface area contributed by atoms with Crippen molar-refractivity contribution < 1.29 is 14.3 Å². The second-order valence-electron chi connectivity index (χ2n) is 6.92. The lowest BCUT2D eigenvalue weighted by atomic mass is 10.1. The quantitative estimate of drug-likeness (QED) is 0.391. The summed E-state index contributed by atoms with van der Waals surface area (Å²) in [5, 5.41) is 5.16. The molecule has 1 amide bonds. The molecule has 0 fully saturated rings. The summed E-state index contributed by atoms with van der Waals surface area (Å²) < 4.78 is 11.9. The maximum Gasteiger partial charge on any atom is 0.265 e. The molecule has 0 radical (unpaired) electrons. The van der Waals surface area contributed by atoms with Crippen molar-refractivity contribution in [2.75, 3.05) is 5.32 Å². The van der Waals surface area contributed by atoms with E-state index in [1.807, 2.05) is 104 Å². The molecule has 0 aliphatic rings. The fourth-order valence-corrected chi connectivity index (χ4v) is 3.21. The number of benzene rings is 4. The number of ether oxygens (including phenoxy) is 2. The van der Waals surface area contributed by atoms with E-state index in [2.05, 4.69) is 5.32 Å². The number of rotatable bonds is 7. The predicted octanol–water partition coefficient (Wildman–Crippen LogP) is 6.43. The molecule has 0 unspecified atom stereocenters. The average Bonchev–Trinajstić information content (AvgIpc) is 2.79. The molecule has 0 bridgehead atoms. The third-order valence-corrected chi connectivity index (χ3v) is 4.78. The van der Waals surface area contributed by atoms with E-state index in [1.54, 1.807) is 0 Å². The van der Waals surface area contributed by atoms with Gasteiger partial charge in [-0.05, 0) is 53.6 Å². The lowest BCUT2D eigenvalue weighted by Crippen LogP contribution is -2.32. The van der Waals surface area contributed by atoms with Crippen LogP contribution in [0.5, 0.6) is 17.2 Å². The number of fused-ring (bicyclic) bond motifs is 1. The lowest BCUT2D eigenvalue weighted by molar-refractivity contribution is -0.122. The molecular formula is C26H23NO3. The minimum Gasteiger partial charge on any atom is -0.481 e. The second-order valence-corrected chi connectivity index (χ2v) is 6.92. The fraction of sp³-hybridized carbons (Fsp3) is 0.115. The highest BCUT2D eigenvalue weighted by atomic mass is 16.5. The molecule has 30 heavy (non-hydrogen) atoms. The van der Waals surface area contributed by atoms with Crippen LogP contribution in [-0.2, 0) is 4.79 Å². The summed E-state index contributed by atoms with van der Waals surface area (Å²) in [6, 6.07) is 30.8. The Morgan fingerprint density at radius 3 is 2.30 bits per heavy atom. The summed E-state index contributed by atoms with van der Waals surface area (Å²) in [7, 11) is 0. The zero-order valence-corrected chi connectivity index (χ0v) is 16.7. The van der Waals surface area contributed by atoms with E-state index >= 15 is 0 Å². The zero-order chi connectivity index (χ0) is 20.8. The second kappa shape index (κ2) is 9.14. The molecule has 0 heterocycles. The third-order valence-electron chi connectivity index (χ3n) is 4.78. The van der Waals surface area contributed by atoms with Crippen LogP contribution in [-0.4, -0.2) is 12.0 Å². The number of carbonyl (C=O) groups is 1. The van der Waals surface area contributed by atoms with Crippen LogP contribution in [0.15, 0.2) is 97.1 Å². The smallest absolute Gasteiger partial charge is 0.265 e. The van der Waals surface area contributed by atoms with Gasteiger partial charge < -0.3 is 14.8 Å². The third kappa shape index (κ3) is 4.61. The molecule has 0 aliphatic heterocycles. The van der Waals surface area contributed by atoms with Crippen LogP contribution >= 0.6 is 0 Å². The van der Waals surface area contributed by atoms with Gasteiger partial charge in [0.2, 0.25) is 0 Å². The minimum atomic E-state index is -0.615. The number of hydrogen-bond donors (Lipinski definition) is 1. The standard InChI is InChI=1S/C26H23NO3/c1-2-24(30-22-17-16-19-10-6-7-11-20(19)18-22)26(28)27-23-14-8-9-15-25(23)29-21-12-4-3-5-13-21/h3-18,24H,2H2,1H3,(H,27,28)/t24-/m1/s1. The topological polar surface area (TPSA) is 47.6 Å². The van der Waals surface area contributed by atoms with E-state index in [0.29, 0.717) is 29.4 Å². The molecule has 1 N–H and O–H groups in total. The first-order valence-electron chi connectivity index (χ1n) is 10.0. The molecule has 0 spiro atoms. The van der Waals surface area contributed by atoms with Crippen LogP contribution in [0.1, 0.15) is 13.3 Å². The Kier molecular flexibility index (Phi) is 5.95. The average molecular weight is 397 g/mol. The molecule has 0 saturated carbocycles. The maximum absolute atomic E-state index is 12.9. The molecule has 4 aromatic carbocycles. The van der Waals surface area contributed by atoms with Crippen LogP contribution in [0, 0.1) is 0 Å². The van der Waals surface area contributed by atoms with Crippen LogP contribution in [0.3, 0.4) is 0 Å². The first-order valence-corrected chi connectivity index (χ1v) is 10.0. The SMILES string of the molecule is CC[C@@H](Oc1ccc2ccccc2c1)C(=O)Nc1ccccc1Oc1ccccc1. The van der Waals surface area contributed by atoms with E-state index < -0.39 is 6.10 Å². The number of hydrogen-bond acceptors (Lipinski definition) is 3. The van der Waals surface area contributed by atoms with Gasteiger partial charge in [-0.3, -0.25) is 4.79 Å². The molecular weight excluding hydrogens is 374 g/mol. The van der Waals surface area contributed by atoms with Crippen molar-refractivity contribution >= 4 is 22.4 Å². The van der Waals surface area contributed by atoms with Crippen LogP contribution in [0.4, 0.5) is 5.69 Å². The number of amides is 1. The largest absolute Gasteiger partial charge is 0.481 e. The van der Waals surface area contributed by atoms with Gasteiger partial charge in [-0.15, -0.1) is 0 Å². The van der Waals surface area contributed by atoms with E-state index in [9.17, 15) is 4.79 Å². The molecule has 4 heteroatoms. The van der Waals surface area contributed by atoms with Gasteiger partial charge >= 0.3 is 0 Å². The van der Waals surface area contributed by atoms with Crippen molar-refractivity contribution in [2.24, 2.45) is 0 Å². The normalized spacial score (nSPS) is 11.6. The van der Waals surface area contributed by atoms with Crippen molar-refractivity contribution in [1.82, 2.24) is 0 Å². The molecule has 0 saturated heterocycles. The number of anilines is 1. The lowest BCUT2D eigenvalue weighted by Gasteiger charge is -2.19. The van der Waals surface area contributed by atoms with Crippen molar-refractivity contribution in [3.8, 4) is 17.2 Å². The highest BCUT2D eigenvalue weighted by Gasteiger charge is 2.20. The van der Waals surface area contributed by atoms with Gasteiger partial charge in [-0.1, -0.05) is 67.6 Å². The Balaban J connectivity index is 1.49. The van der Waals surface area contributed by atoms with Crippen molar-refractivity contribution in [2.45, 2.75) is 19.4 Å². The van der Waals surface area contributed by atoms with Gasteiger partial charge in [0, 0.05) is 0 Å². The first kappa shape index (κ1) is 19.5. The van der Waals surface area contributed by atoms with E-state index in [4.69, 9.17) is 9.47 Å². The molecule has 4 aromatic rings. The number of para-hydroxylation sites is 3. The monoisotopic (exact) mass is 397 g/mol. The highest BCUT2D eigenvalue weighted by molar-refractivity contribution is 5.95. The van der Waals surface area contributed by atoms with Crippen LogP contribution < -0.4 is 14.8 Å². The Morgan fingerprint density at radius 1 is 0.800 bits per heavy atom. The van der Waals surface area contributed by atoms with E-state index in [0.717, 1.165) is 10.8 Å². The molecule has 0 aliphatic carbocycles. The Hall–Kier alpha value is -3.79. The molecule has 150 valence electrons. The van der Waals surface area contributed by atoms with Crippen molar-refractivity contribution in [1.29, 1.82) is 0 Å². The minimum absolute atomic E-state index is 0.213. The fourth-order valence-electron chi connectivity index (χ4n) is 3.21. The first-order chi connectivity index (χ1) is 14.7. The zero-order valence-electron chi connectivity index (χ0n) is 16.7. The highest BCUT2D eigenvalue weighted by Crippen LogP contribution is 2.29. The van der Waals surface area contributed by atoms with Gasteiger partial charge in [-0.2, -0.15) is 0 Å². The number of carbonyl (C=O) groups excluding carboxylic acids is 1. The van der Waals surface area contributed by atoms with Gasteiger partial charge in [0.25, 0.3) is 5.91 Å². The summed E-state index contributed by atoms with van der Waals surface area (Å²) in [5.74, 6) is 1.75. The van der Waals surface area contributed by atoms with E-state index in [1.165, 1.54) is 0 Å². The maximum atomic E-state index is 12.9. The molecule has 4 nitrogen and oxygen atoms in total. The summed E-state index contributed by atoms with van der Waals surface area (Å²) in [5.41, 5.74) is 0.604. The molecule has 1 atom stereocenters. The summed E-state index contributed by atoms with van der Waals surface area (Å²) in [6.45, 7) is 1.93. The van der Waals surface area contributed by atoms with Crippen molar-refractivity contribution in [3.63, 3.8) is 0 Å². The Bertz CT molecular complexity index is 1140. The van der Waals surface area contributed by atoms with Crippen LogP contribution in [0.25, 0.3) is 10.8 Å².